The lowest BCUT2D eigenvalue weighted by molar-refractivity contribution is -0.113. The van der Waals surface area contributed by atoms with Gasteiger partial charge >= 0.3 is 0 Å². The zero-order valence-electron chi connectivity index (χ0n) is 18.1. The van der Waals surface area contributed by atoms with Gasteiger partial charge in [-0.15, -0.1) is 5.10 Å². The number of fused-ring (bicyclic) bond motifs is 1. The van der Waals surface area contributed by atoms with E-state index in [0.717, 1.165) is 34.6 Å². The van der Waals surface area contributed by atoms with E-state index in [9.17, 15) is 4.79 Å². The average molecular weight is 432 g/mol. The Balaban J connectivity index is 1.48. The summed E-state index contributed by atoms with van der Waals surface area (Å²) in [6, 6.07) is 16.3. The molecule has 0 aliphatic heterocycles. The second-order valence-electron chi connectivity index (χ2n) is 7.73. The van der Waals surface area contributed by atoms with Crippen LogP contribution in [0, 0.1) is 27.7 Å². The molecule has 0 radical (unpaired) electrons. The lowest BCUT2D eigenvalue weighted by atomic mass is 10.0. The van der Waals surface area contributed by atoms with Crippen LogP contribution >= 0.6 is 11.8 Å². The number of hydrogen-bond acceptors (Lipinski definition) is 5. The molecular weight excluding hydrogens is 406 g/mol. The smallest absolute Gasteiger partial charge is 0.253 e. The molecule has 6 nitrogen and oxygen atoms in total. The molecule has 0 aliphatic rings. The highest BCUT2D eigenvalue weighted by Gasteiger charge is 2.15. The first-order chi connectivity index (χ1) is 14.9. The van der Waals surface area contributed by atoms with Crippen molar-refractivity contribution >= 4 is 29.1 Å². The van der Waals surface area contributed by atoms with E-state index < -0.39 is 0 Å². The molecule has 0 bridgehead atoms. The molecule has 0 saturated heterocycles. The molecule has 0 atom stereocenters. The van der Waals surface area contributed by atoms with E-state index in [1.165, 1.54) is 22.9 Å². The van der Waals surface area contributed by atoms with Gasteiger partial charge in [-0.05, 0) is 51.0 Å². The summed E-state index contributed by atoms with van der Waals surface area (Å²) in [6.45, 7) is 8.15. The van der Waals surface area contributed by atoms with Gasteiger partial charge in [-0.25, -0.2) is 9.50 Å². The number of carbonyl (C=O) groups excluding carboxylic acids is 1. The van der Waals surface area contributed by atoms with E-state index in [4.69, 9.17) is 0 Å². The van der Waals surface area contributed by atoms with Crippen molar-refractivity contribution in [1.29, 1.82) is 0 Å². The van der Waals surface area contributed by atoms with Gasteiger partial charge in [-0.2, -0.15) is 4.98 Å². The van der Waals surface area contributed by atoms with E-state index in [1.54, 1.807) is 4.52 Å². The molecule has 4 aromatic rings. The fraction of sp³-hybridized carbons (Fsp3) is 0.250. The number of nitrogens with one attached hydrogen (secondary N) is 1. The first-order valence-corrected chi connectivity index (χ1v) is 11.2. The molecule has 2 aromatic carbocycles. The summed E-state index contributed by atoms with van der Waals surface area (Å²) in [5, 5.41) is 8.03. The van der Waals surface area contributed by atoms with E-state index >= 15 is 0 Å². The van der Waals surface area contributed by atoms with Gasteiger partial charge in [0.25, 0.3) is 5.78 Å². The molecule has 1 N–H and O–H groups in total. The van der Waals surface area contributed by atoms with Gasteiger partial charge in [0, 0.05) is 23.5 Å². The van der Waals surface area contributed by atoms with Gasteiger partial charge in [0.2, 0.25) is 11.1 Å². The van der Waals surface area contributed by atoms with Gasteiger partial charge in [-0.1, -0.05) is 59.3 Å². The first-order valence-electron chi connectivity index (χ1n) is 10.2. The largest absolute Gasteiger partial charge is 0.325 e. The topological polar surface area (TPSA) is 72.2 Å². The van der Waals surface area contributed by atoms with E-state index in [1.807, 2.05) is 45.0 Å². The Bertz CT molecular complexity index is 1230. The van der Waals surface area contributed by atoms with Crippen LogP contribution < -0.4 is 5.32 Å². The summed E-state index contributed by atoms with van der Waals surface area (Å²) in [4.78, 5) is 21.4. The van der Waals surface area contributed by atoms with Crippen molar-refractivity contribution in [1.82, 2.24) is 19.6 Å². The van der Waals surface area contributed by atoms with Gasteiger partial charge in [0.05, 0.1) is 5.75 Å². The summed E-state index contributed by atoms with van der Waals surface area (Å²) < 4.78 is 1.77. The summed E-state index contributed by atoms with van der Waals surface area (Å²) in [5.41, 5.74) is 7.54. The molecule has 2 heterocycles. The van der Waals surface area contributed by atoms with Gasteiger partial charge in [0.15, 0.2) is 0 Å². The Labute approximate surface area is 186 Å². The maximum Gasteiger partial charge on any atom is 0.253 e. The summed E-state index contributed by atoms with van der Waals surface area (Å²) in [7, 11) is 0. The van der Waals surface area contributed by atoms with Crippen LogP contribution in [0.5, 0.6) is 0 Å². The van der Waals surface area contributed by atoms with E-state index in [-0.39, 0.29) is 11.7 Å². The second kappa shape index (κ2) is 8.89. The molecule has 0 spiro atoms. The van der Waals surface area contributed by atoms with Crippen LogP contribution in [0.15, 0.2) is 53.7 Å². The van der Waals surface area contributed by atoms with E-state index in [0.29, 0.717) is 10.9 Å². The zero-order valence-corrected chi connectivity index (χ0v) is 19.0. The minimum atomic E-state index is -0.0892. The Kier molecular flexibility index (Phi) is 6.04. The van der Waals surface area contributed by atoms with Crippen molar-refractivity contribution in [3.05, 3.63) is 82.2 Å². The van der Waals surface area contributed by atoms with Crippen molar-refractivity contribution in [2.45, 2.75) is 39.3 Å². The van der Waals surface area contributed by atoms with Crippen molar-refractivity contribution in [2.75, 3.05) is 11.1 Å². The second-order valence-corrected chi connectivity index (χ2v) is 8.68. The van der Waals surface area contributed by atoms with Crippen LogP contribution in [0.2, 0.25) is 0 Å². The van der Waals surface area contributed by atoms with Crippen LogP contribution in [0.25, 0.3) is 5.78 Å². The van der Waals surface area contributed by atoms with Crippen molar-refractivity contribution in [3.8, 4) is 0 Å². The molecule has 2 aromatic heterocycles. The number of aromatic nitrogens is 4. The molecular formula is C24H25N5OS. The lowest BCUT2D eigenvalue weighted by Gasteiger charge is -2.10. The van der Waals surface area contributed by atoms with Crippen molar-refractivity contribution in [3.63, 3.8) is 0 Å². The minimum absolute atomic E-state index is 0.0892. The third-order valence-corrected chi connectivity index (χ3v) is 6.04. The molecule has 0 saturated carbocycles. The standard InChI is InChI=1S/C24H25N5OS/c1-15-5-9-19(10-6-15)13-21-17(3)25-23-27-24(28-29(23)18(21)4)31-14-22(30)26-20-11-7-16(2)8-12-20/h5-12H,13-14H2,1-4H3,(H,26,30). The zero-order chi connectivity index (χ0) is 22.0. The number of thioether (sulfide) groups is 1. The van der Waals surface area contributed by atoms with Gasteiger partial charge < -0.3 is 5.32 Å². The number of aryl methyl sites for hydroxylation is 4. The number of hydrogen-bond donors (Lipinski definition) is 1. The van der Waals surface area contributed by atoms with Gasteiger partial charge in [-0.3, -0.25) is 4.79 Å². The number of benzene rings is 2. The predicted octanol–water partition coefficient (Wildman–Crippen LogP) is 4.68. The Morgan fingerprint density at radius 3 is 2.26 bits per heavy atom. The fourth-order valence-corrected chi connectivity index (χ4v) is 4.00. The number of rotatable bonds is 6. The lowest BCUT2D eigenvalue weighted by Crippen LogP contribution is -2.14. The monoisotopic (exact) mass is 431 g/mol. The maximum absolute atomic E-state index is 12.3. The molecule has 158 valence electrons. The van der Waals surface area contributed by atoms with Crippen LogP contribution in [-0.2, 0) is 11.2 Å². The molecule has 4 rings (SSSR count). The molecule has 0 unspecified atom stereocenters. The molecule has 0 fully saturated rings. The predicted molar refractivity (Wildman–Crippen MR) is 125 cm³/mol. The van der Waals surface area contributed by atoms with Crippen LogP contribution in [-0.4, -0.2) is 31.2 Å². The highest BCUT2D eigenvalue weighted by atomic mass is 32.2. The number of amides is 1. The highest BCUT2D eigenvalue weighted by Crippen LogP contribution is 2.21. The third kappa shape index (κ3) is 4.94. The summed E-state index contributed by atoms with van der Waals surface area (Å²) in [6.07, 6.45) is 0.794. The normalized spacial score (nSPS) is 11.1. The first kappa shape index (κ1) is 21.1. The number of carbonyl (C=O) groups is 1. The Hall–Kier alpha value is -3.19. The van der Waals surface area contributed by atoms with Crippen LogP contribution in [0.3, 0.4) is 0 Å². The highest BCUT2D eigenvalue weighted by molar-refractivity contribution is 7.99. The van der Waals surface area contributed by atoms with Crippen molar-refractivity contribution in [2.24, 2.45) is 0 Å². The number of nitrogens with zero attached hydrogens (tertiary/aromatic N) is 4. The fourth-order valence-electron chi connectivity index (χ4n) is 3.38. The maximum atomic E-state index is 12.3. The van der Waals surface area contributed by atoms with Crippen molar-refractivity contribution < 1.29 is 4.79 Å². The van der Waals surface area contributed by atoms with E-state index in [2.05, 4.69) is 51.6 Å². The molecule has 1 amide bonds. The Morgan fingerprint density at radius 1 is 0.935 bits per heavy atom. The molecule has 7 heteroatoms. The van der Waals surface area contributed by atoms with Crippen LogP contribution in [0.4, 0.5) is 5.69 Å². The molecule has 0 aliphatic carbocycles. The SMILES string of the molecule is Cc1ccc(Cc2c(C)nc3nc(SCC(=O)Nc4ccc(C)cc4)nn3c2C)cc1. The molecule has 31 heavy (non-hydrogen) atoms. The van der Waals surface area contributed by atoms with Crippen LogP contribution in [0.1, 0.15) is 33.6 Å². The summed E-state index contributed by atoms with van der Waals surface area (Å²) >= 11 is 1.31. The summed E-state index contributed by atoms with van der Waals surface area (Å²) in [5.74, 6) is 0.705. The minimum Gasteiger partial charge on any atom is -0.325 e. The Morgan fingerprint density at radius 2 is 1.58 bits per heavy atom. The quantitative estimate of drug-likeness (QED) is 0.449. The van der Waals surface area contributed by atoms with Gasteiger partial charge in [0.1, 0.15) is 0 Å². The number of anilines is 1. The third-order valence-electron chi connectivity index (χ3n) is 5.20. The average Bonchev–Trinajstić information content (AvgIpc) is 3.16.